The predicted molar refractivity (Wildman–Crippen MR) is 19.7 cm³/mol. The van der Waals surface area contributed by atoms with Crippen LogP contribution in [0.2, 0.25) is 0 Å². The number of epoxide rings is 1. The van der Waals surface area contributed by atoms with Crippen molar-refractivity contribution >= 4 is 0 Å². The third-order valence-electron chi connectivity index (χ3n) is 0.724. The molecule has 1 heterocycles. The molecular weight excluding hydrogens is 64.0 g/mol. The molecule has 0 N–H and O–H groups in total. The van der Waals surface area contributed by atoms with Crippen molar-refractivity contribution in [2.24, 2.45) is 0 Å². The first kappa shape index (κ1) is 2.76. The summed E-state index contributed by atoms with van der Waals surface area (Å²) in [6.45, 7) is 5.50. The van der Waals surface area contributed by atoms with E-state index in [2.05, 4.69) is 6.58 Å². The van der Waals surface area contributed by atoms with E-state index in [1.54, 1.807) is 0 Å². The Hall–Kier alpha value is -0.460. The maximum Gasteiger partial charge on any atom is 0.152 e. The van der Waals surface area contributed by atoms with Gasteiger partial charge >= 0.3 is 0 Å². The lowest BCUT2D eigenvalue weighted by Crippen LogP contribution is -1.59. The van der Waals surface area contributed by atoms with E-state index in [1.807, 2.05) is 6.92 Å². The molecule has 1 atom stereocenters. The summed E-state index contributed by atoms with van der Waals surface area (Å²) in [7, 11) is 0. The van der Waals surface area contributed by atoms with Gasteiger partial charge in [0.05, 0.1) is 0 Å². The Morgan fingerprint density at radius 3 is 2.20 bits per heavy atom. The van der Waals surface area contributed by atoms with Crippen molar-refractivity contribution in [1.29, 1.82) is 0 Å². The van der Waals surface area contributed by atoms with Crippen LogP contribution in [0.4, 0.5) is 0 Å². The Morgan fingerprint density at radius 1 is 2.00 bits per heavy atom. The summed E-state index contributed by atoms with van der Waals surface area (Å²) < 4.78 is 4.72. The lowest BCUT2D eigenvalue weighted by Gasteiger charge is -1.50. The molecule has 0 amide bonds. The summed E-state index contributed by atoms with van der Waals surface area (Å²) in [5, 5.41) is 0. The molecule has 0 radical (unpaired) electrons. The maximum absolute atomic E-state index is 4.72. The van der Waals surface area contributed by atoms with E-state index in [9.17, 15) is 0 Å². The summed E-state index contributed by atoms with van der Waals surface area (Å²) >= 11 is 0. The van der Waals surface area contributed by atoms with Crippen molar-refractivity contribution in [3.8, 4) is 0 Å². The zero-order valence-corrected chi connectivity index (χ0v) is 3.19. The number of hydrogen-bond acceptors (Lipinski definition) is 1. The standard InChI is InChI=1S/C4H6O/c1-3-4(2)5-3/h4H,1H2,2H3. The van der Waals surface area contributed by atoms with Gasteiger partial charge in [-0.1, -0.05) is 6.58 Å². The molecule has 0 saturated carbocycles. The monoisotopic (exact) mass is 70.0 g/mol. The van der Waals surface area contributed by atoms with E-state index in [-0.39, 0.29) is 0 Å². The molecule has 0 aliphatic carbocycles. The quantitative estimate of drug-likeness (QED) is 0.386. The van der Waals surface area contributed by atoms with E-state index in [0.29, 0.717) is 6.10 Å². The lowest BCUT2D eigenvalue weighted by atomic mass is 10.5. The molecule has 0 aromatic carbocycles. The molecule has 0 spiro atoms. The molecule has 1 aliphatic rings. The van der Waals surface area contributed by atoms with Crippen LogP contribution >= 0.6 is 0 Å². The Labute approximate surface area is 31.3 Å². The van der Waals surface area contributed by atoms with E-state index in [1.165, 1.54) is 0 Å². The van der Waals surface area contributed by atoms with Crippen LogP contribution in [0.5, 0.6) is 0 Å². The molecule has 0 aromatic heterocycles. The highest BCUT2D eigenvalue weighted by Gasteiger charge is 2.22. The first-order chi connectivity index (χ1) is 2.30. The van der Waals surface area contributed by atoms with Gasteiger partial charge in [0.2, 0.25) is 0 Å². The zero-order valence-electron chi connectivity index (χ0n) is 3.19. The fraction of sp³-hybridized carbons (Fsp3) is 0.500. The van der Waals surface area contributed by atoms with Crippen LogP contribution in [0.3, 0.4) is 0 Å². The summed E-state index contributed by atoms with van der Waals surface area (Å²) in [6, 6.07) is 0. The molecule has 1 rings (SSSR count). The van der Waals surface area contributed by atoms with Crippen molar-refractivity contribution in [3.05, 3.63) is 12.3 Å². The van der Waals surface area contributed by atoms with Gasteiger partial charge in [-0.05, 0) is 6.92 Å². The summed E-state index contributed by atoms with van der Waals surface area (Å²) in [5.74, 6) is 0.921. The summed E-state index contributed by atoms with van der Waals surface area (Å²) in [5.41, 5.74) is 0. The number of rotatable bonds is 0. The first-order valence-electron chi connectivity index (χ1n) is 1.66. The molecule has 1 heteroatoms. The minimum Gasteiger partial charge on any atom is -0.484 e. The van der Waals surface area contributed by atoms with Gasteiger partial charge in [-0.15, -0.1) is 0 Å². The molecule has 5 heavy (non-hydrogen) atoms. The number of hydrogen-bond donors (Lipinski definition) is 0. The van der Waals surface area contributed by atoms with Crippen molar-refractivity contribution in [3.63, 3.8) is 0 Å². The molecule has 1 unspecified atom stereocenters. The fourth-order valence-electron chi connectivity index (χ4n) is 0.193. The molecule has 1 fully saturated rings. The van der Waals surface area contributed by atoms with Crippen LogP contribution in [0.15, 0.2) is 12.3 Å². The molecule has 0 bridgehead atoms. The molecule has 1 aliphatic heterocycles. The average Bonchev–Trinajstić information content (AvgIpc) is 1.79. The molecule has 0 aromatic rings. The smallest absolute Gasteiger partial charge is 0.152 e. The number of ether oxygens (including phenoxy) is 1. The Morgan fingerprint density at radius 2 is 2.20 bits per heavy atom. The van der Waals surface area contributed by atoms with Gasteiger partial charge in [0.1, 0.15) is 5.76 Å². The highest BCUT2D eigenvalue weighted by atomic mass is 16.6. The molecule has 1 nitrogen and oxygen atoms in total. The van der Waals surface area contributed by atoms with Gasteiger partial charge in [-0.2, -0.15) is 0 Å². The summed E-state index contributed by atoms with van der Waals surface area (Å²) in [4.78, 5) is 0. The van der Waals surface area contributed by atoms with Crippen molar-refractivity contribution in [1.82, 2.24) is 0 Å². The highest BCUT2D eigenvalue weighted by Crippen LogP contribution is 2.22. The van der Waals surface area contributed by atoms with E-state index >= 15 is 0 Å². The minimum atomic E-state index is 0.356. The van der Waals surface area contributed by atoms with Crippen LogP contribution in [-0.2, 0) is 4.74 Å². The van der Waals surface area contributed by atoms with Crippen molar-refractivity contribution in [2.45, 2.75) is 13.0 Å². The normalized spacial score (nSPS) is 33.0. The first-order valence-corrected chi connectivity index (χ1v) is 1.66. The van der Waals surface area contributed by atoms with Crippen LogP contribution in [0.1, 0.15) is 6.92 Å². The molecule has 28 valence electrons. The average molecular weight is 70.1 g/mol. The maximum atomic E-state index is 4.72. The van der Waals surface area contributed by atoms with Crippen molar-refractivity contribution in [2.75, 3.05) is 0 Å². The van der Waals surface area contributed by atoms with Gasteiger partial charge in [0.15, 0.2) is 6.10 Å². The Kier molecular flexibility index (Phi) is 0.295. The zero-order chi connectivity index (χ0) is 3.86. The van der Waals surface area contributed by atoms with Gasteiger partial charge in [-0.25, -0.2) is 0 Å². The van der Waals surface area contributed by atoms with Gasteiger partial charge in [0, 0.05) is 0 Å². The van der Waals surface area contributed by atoms with Crippen LogP contribution < -0.4 is 0 Å². The van der Waals surface area contributed by atoms with Gasteiger partial charge < -0.3 is 4.74 Å². The van der Waals surface area contributed by atoms with Crippen LogP contribution in [-0.4, -0.2) is 6.10 Å². The van der Waals surface area contributed by atoms with E-state index in [0.717, 1.165) is 5.76 Å². The SMILES string of the molecule is C=C1OC1C. The van der Waals surface area contributed by atoms with Crippen LogP contribution in [0, 0.1) is 0 Å². The van der Waals surface area contributed by atoms with Gasteiger partial charge in [0.25, 0.3) is 0 Å². The second-order valence-electron chi connectivity index (χ2n) is 1.23. The van der Waals surface area contributed by atoms with Gasteiger partial charge in [-0.3, -0.25) is 0 Å². The molecular formula is C4H6O. The van der Waals surface area contributed by atoms with Crippen molar-refractivity contribution < 1.29 is 4.74 Å². The Bertz CT molecular complexity index is 66.0. The molecule has 1 saturated heterocycles. The predicted octanol–water partition coefficient (Wildman–Crippen LogP) is 0.919. The minimum absolute atomic E-state index is 0.356. The topological polar surface area (TPSA) is 12.5 Å². The van der Waals surface area contributed by atoms with Crippen LogP contribution in [0.25, 0.3) is 0 Å². The second kappa shape index (κ2) is 0.534. The second-order valence-corrected chi connectivity index (χ2v) is 1.23. The van der Waals surface area contributed by atoms with E-state index in [4.69, 9.17) is 4.74 Å². The Balaban J connectivity index is 2.47. The highest BCUT2D eigenvalue weighted by molar-refractivity contribution is 5.04. The largest absolute Gasteiger partial charge is 0.484 e. The third kappa shape index (κ3) is 0.274. The van der Waals surface area contributed by atoms with E-state index < -0.39 is 0 Å². The lowest BCUT2D eigenvalue weighted by molar-refractivity contribution is 0.446. The fourth-order valence-corrected chi connectivity index (χ4v) is 0.193. The third-order valence-corrected chi connectivity index (χ3v) is 0.724. The summed E-state index contributed by atoms with van der Waals surface area (Å²) in [6.07, 6.45) is 0.356.